The van der Waals surface area contributed by atoms with Crippen molar-refractivity contribution in [2.45, 2.75) is 26.8 Å². The standard InChI is InChI=1S/C14H21N3O3/c1-4-6-16-7-5-15-12(13(16)18)17-8-10(2)11(9-17)14(19)20-3/h5,7,10-11H,4,6,8-9H2,1-3H3. The molecule has 20 heavy (non-hydrogen) atoms. The third-order valence-electron chi connectivity index (χ3n) is 3.78. The van der Waals surface area contributed by atoms with Crippen LogP contribution in [0.3, 0.4) is 0 Å². The predicted octanol–water partition coefficient (Wildman–Crippen LogP) is 0.899. The first kappa shape index (κ1) is 14.6. The maximum atomic E-state index is 12.3. The van der Waals surface area contributed by atoms with Crippen molar-refractivity contribution in [2.75, 3.05) is 25.1 Å². The number of aryl methyl sites for hydroxylation is 1. The number of esters is 1. The van der Waals surface area contributed by atoms with Crippen LogP contribution in [-0.4, -0.2) is 35.7 Å². The Morgan fingerprint density at radius 1 is 1.50 bits per heavy atom. The van der Waals surface area contributed by atoms with E-state index in [0.29, 0.717) is 25.5 Å². The van der Waals surface area contributed by atoms with Gasteiger partial charge in [-0.2, -0.15) is 0 Å². The molecule has 1 aliphatic heterocycles. The Hall–Kier alpha value is -1.85. The molecule has 1 saturated heterocycles. The zero-order chi connectivity index (χ0) is 14.7. The number of rotatable bonds is 4. The van der Waals surface area contributed by atoms with Gasteiger partial charge in [-0.05, 0) is 12.3 Å². The van der Waals surface area contributed by atoms with Crippen LogP contribution in [0.25, 0.3) is 0 Å². The van der Waals surface area contributed by atoms with Gasteiger partial charge >= 0.3 is 5.97 Å². The fourth-order valence-corrected chi connectivity index (χ4v) is 2.67. The number of nitrogens with zero attached hydrogens (tertiary/aromatic N) is 3. The van der Waals surface area contributed by atoms with Crippen LogP contribution >= 0.6 is 0 Å². The SMILES string of the molecule is CCCn1ccnc(N2CC(C)C(C(=O)OC)C2)c1=O. The third kappa shape index (κ3) is 2.69. The Kier molecular flexibility index (Phi) is 4.42. The van der Waals surface area contributed by atoms with E-state index in [1.165, 1.54) is 7.11 Å². The molecule has 2 heterocycles. The van der Waals surface area contributed by atoms with Gasteiger partial charge in [-0.3, -0.25) is 9.59 Å². The van der Waals surface area contributed by atoms with E-state index < -0.39 is 0 Å². The van der Waals surface area contributed by atoms with Crippen LogP contribution in [0.15, 0.2) is 17.2 Å². The minimum Gasteiger partial charge on any atom is -0.469 e. The fraction of sp³-hybridized carbons (Fsp3) is 0.643. The van der Waals surface area contributed by atoms with E-state index in [-0.39, 0.29) is 23.4 Å². The molecule has 0 spiro atoms. The van der Waals surface area contributed by atoms with Crippen molar-refractivity contribution in [3.8, 4) is 0 Å². The summed E-state index contributed by atoms with van der Waals surface area (Å²) >= 11 is 0. The van der Waals surface area contributed by atoms with Crippen LogP contribution in [0.5, 0.6) is 0 Å². The molecule has 6 nitrogen and oxygen atoms in total. The molecule has 0 aromatic carbocycles. The Morgan fingerprint density at radius 3 is 2.90 bits per heavy atom. The number of hydrogen-bond acceptors (Lipinski definition) is 5. The normalized spacial score (nSPS) is 22.1. The van der Waals surface area contributed by atoms with Gasteiger partial charge in [0, 0.05) is 32.0 Å². The van der Waals surface area contributed by atoms with Crippen molar-refractivity contribution < 1.29 is 9.53 Å². The second kappa shape index (κ2) is 6.07. The summed E-state index contributed by atoms with van der Waals surface area (Å²) in [5.74, 6) is 0.175. The van der Waals surface area contributed by atoms with E-state index in [2.05, 4.69) is 4.98 Å². The molecule has 1 aromatic heterocycles. The number of anilines is 1. The molecule has 0 radical (unpaired) electrons. The van der Waals surface area contributed by atoms with E-state index in [9.17, 15) is 9.59 Å². The van der Waals surface area contributed by atoms with Crippen LogP contribution in [0.2, 0.25) is 0 Å². The highest BCUT2D eigenvalue weighted by molar-refractivity contribution is 5.74. The maximum absolute atomic E-state index is 12.3. The van der Waals surface area contributed by atoms with E-state index in [0.717, 1.165) is 6.42 Å². The van der Waals surface area contributed by atoms with Crippen molar-refractivity contribution in [1.82, 2.24) is 9.55 Å². The molecule has 0 amide bonds. The average Bonchev–Trinajstić information content (AvgIpc) is 2.82. The Labute approximate surface area is 118 Å². The summed E-state index contributed by atoms with van der Waals surface area (Å²) in [5, 5.41) is 0. The molecule has 0 aliphatic carbocycles. The molecule has 2 atom stereocenters. The largest absolute Gasteiger partial charge is 0.469 e. The summed E-state index contributed by atoms with van der Waals surface area (Å²) in [4.78, 5) is 30.1. The number of hydrogen-bond donors (Lipinski definition) is 0. The quantitative estimate of drug-likeness (QED) is 0.766. The Bertz CT molecular complexity index is 541. The number of aromatic nitrogens is 2. The van der Waals surface area contributed by atoms with Gasteiger partial charge in [-0.1, -0.05) is 13.8 Å². The van der Waals surface area contributed by atoms with E-state index in [1.807, 2.05) is 18.7 Å². The predicted molar refractivity (Wildman–Crippen MR) is 75.7 cm³/mol. The zero-order valence-electron chi connectivity index (χ0n) is 12.2. The molecule has 2 rings (SSSR count). The molecule has 1 aliphatic rings. The summed E-state index contributed by atoms with van der Waals surface area (Å²) in [5.41, 5.74) is -0.0907. The minimum absolute atomic E-state index is 0.0907. The zero-order valence-corrected chi connectivity index (χ0v) is 12.2. The molecular weight excluding hydrogens is 258 g/mol. The van der Waals surface area contributed by atoms with Crippen molar-refractivity contribution in [3.05, 3.63) is 22.7 Å². The second-order valence-electron chi connectivity index (χ2n) is 5.26. The summed E-state index contributed by atoms with van der Waals surface area (Å²) < 4.78 is 6.48. The van der Waals surface area contributed by atoms with Gasteiger partial charge in [0.2, 0.25) is 0 Å². The van der Waals surface area contributed by atoms with E-state index >= 15 is 0 Å². The minimum atomic E-state index is -0.218. The van der Waals surface area contributed by atoms with Gasteiger partial charge in [0.25, 0.3) is 5.56 Å². The fourth-order valence-electron chi connectivity index (χ4n) is 2.67. The van der Waals surface area contributed by atoms with Crippen LogP contribution in [0.4, 0.5) is 5.82 Å². The summed E-state index contributed by atoms with van der Waals surface area (Å²) in [6.45, 7) is 5.84. The Morgan fingerprint density at radius 2 is 2.25 bits per heavy atom. The number of ether oxygens (including phenoxy) is 1. The molecule has 0 saturated carbocycles. The molecule has 1 fully saturated rings. The van der Waals surface area contributed by atoms with Crippen molar-refractivity contribution in [3.63, 3.8) is 0 Å². The number of carbonyl (C=O) groups excluding carboxylic acids is 1. The number of carbonyl (C=O) groups is 1. The van der Waals surface area contributed by atoms with Crippen LogP contribution < -0.4 is 10.5 Å². The van der Waals surface area contributed by atoms with Crippen molar-refractivity contribution >= 4 is 11.8 Å². The summed E-state index contributed by atoms with van der Waals surface area (Å²) in [6.07, 6.45) is 4.24. The molecule has 110 valence electrons. The summed E-state index contributed by atoms with van der Waals surface area (Å²) in [7, 11) is 1.40. The lowest BCUT2D eigenvalue weighted by Crippen LogP contribution is -2.32. The maximum Gasteiger partial charge on any atom is 0.310 e. The Balaban J connectivity index is 2.24. The topological polar surface area (TPSA) is 64.4 Å². The van der Waals surface area contributed by atoms with Crippen LogP contribution in [-0.2, 0) is 16.1 Å². The van der Waals surface area contributed by atoms with Gasteiger partial charge in [0.15, 0.2) is 5.82 Å². The first-order valence-electron chi connectivity index (χ1n) is 6.96. The molecule has 2 unspecified atom stereocenters. The highest BCUT2D eigenvalue weighted by Gasteiger charge is 2.37. The van der Waals surface area contributed by atoms with Crippen LogP contribution in [0.1, 0.15) is 20.3 Å². The van der Waals surface area contributed by atoms with E-state index in [1.54, 1.807) is 17.0 Å². The smallest absolute Gasteiger partial charge is 0.310 e. The summed E-state index contributed by atoms with van der Waals surface area (Å²) in [6, 6.07) is 0. The van der Waals surface area contributed by atoms with Crippen molar-refractivity contribution in [1.29, 1.82) is 0 Å². The number of methoxy groups -OCH3 is 1. The lowest BCUT2D eigenvalue weighted by atomic mass is 9.99. The molecular formula is C14H21N3O3. The first-order chi connectivity index (χ1) is 9.58. The molecule has 6 heteroatoms. The van der Waals surface area contributed by atoms with Crippen molar-refractivity contribution in [2.24, 2.45) is 11.8 Å². The van der Waals surface area contributed by atoms with Gasteiger partial charge in [0.05, 0.1) is 13.0 Å². The molecule has 0 bridgehead atoms. The van der Waals surface area contributed by atoms with Gasteiger partial charge in [0.1, 0.15) is 0 Å². The lowest BCUT2D eigenvalue weighted by molar-refractivity contribution is -0.145. The van der Waals surface area contributed by atoms with Gasteiger partial charge in [-0.15, -0.1) is 0 Å². The van der Waals surface area contributed by atoms with Gasteiger partial charge in [-0.25, -0.2) is 4.98 Å². The molecule has 0 N–H and O–H groups in total. The van der Waals surface area contributed by atoms with Gasteiger partial charge < -0.3 is 14.2 Å². The third-order valence-corrected chi connectivity index (χ3v) is 3.78. The first-order valence-corrected chi connectivity index (χ1v) is 6.96. The monoisotopic (exact) mass is 279 g/mol. The lowest BCUT2D eigenvalue weighted by Gasteiger charge is -2.17. The average molecular weight is 279 g/mol. The highest BCUT2D eigenvalue weighted by atomic mass is 16.5. The van der Waals surface area contributed by atoms with Crippen LogP contribution in [0, 0.1) is 11.8 Å². The second-order valence-corrected chi connectivity index (χ2v) is 5.26. The highest BCUT2D eigenvalue weighted by Crippen LogP contribution is 2.26. The molecule has 1 aromatic rings. The van der Waals surface area contributed by atoms with E-state index in [4.69, 9.17) is 4.74 Å².